The number of Topliss-reactive ketones (excluding diaryl/α,β-unsaturated/α-hetero) is 1. The van der Waals surface area contributed by atoms with E-state index in [-0.39, 0.29) is 63.2 Å². The lowest BCUT2D eigenvalue weighted by molar-refractivity contribution is -0.246. The number of esters is 1. The van der Waals surface area contributed by atoms with E-state index in [1.165, 1.54) is 0 Å². The van der Waals surface area contributed by atoms with Gasteiger partial charge >= 0.3 is 5.97 Å². The fourth-order valence-corrected chi connectivity index (χ4v) is 11.9. The third-order valence-corrected chi connectivity index (χ3v) is 14.9. The van der Waals surface area contributed by atoms with Crippen molar-refractivity contribution in [1.29, 1.82) is 0 Å². The second-order valence-corrected chi connectivity index (χ2v) is 17.1. The van der Waals surface area contributed by atoms with Gasteiger partial charge in [-0.25, -0.2) is 0 Å². The van der Waals surface area contributed by atoms with Crippen molar-refractivity contribution >= 4 is 17.5 Å². The zero-order valence-electron chi connectivity index (χ0n) is 27.3. The summed E-state index contributed by atoms with van der Waals surface area (Å²) >= 11 is 0. The van der Waals surface area contributed by atoms with Crippen molar-refractivity contribution in [3.8, 4) is 0 Å². The number of carbonyl (C=O) groups is 3. The van der Waals surface area contributed by atoms with Crippen LogP contribution in [0, 0.1) is 55.7 Å². The molecule has 0 radical (unpaired) electrons. The summed E-state index contributed by atoms with van der Waals surface area (Å²) in [5.74, 6) is 0.854. The van der Waals surface area contributed by atoms with Crippen LogP contribution in [-0.2, 0) is 25.7 Å². The molecular weight excluding hydrogens is 520 g/mol. The van der Waals surface area contributed by atoms with E-state index < -0.39 is 10.8 Å². The van der Waals surface area contributed by atoms with Gasteiger partial charge in [0.2, 0.25) is 0 Å². The highest BCUT2D eigenvalue weighted by Crippen LogP contribution is 2.78. The Balaban J connectivity index is 1.35. The van der Waals surface area contributed by atoms with Crippen molar-refractivity contribution in [3.05, 3.63) is 48.0 Å². The Kier molecular flexibility index (Phi) is 6.49. The molecule has 6 rings (SSSR count). The molecule has 1 aromatic rings. The molecule has 0 bridgehead atoms. The van der Waals surface area contributed by atoms with Crippen LogP contribution in [-0.4, -0.2) is 17.5 Å². The molecular formula is C38H52O4. The van der Waals surface area contributed by atoms with Gasteiger partial charge in [-0.3, -0.25) is 14.4 Å². The molecule has 42 heavy (non-hydrogen) atoms. The van der Waals surface area contributed by atoms with Crippen LogP contribution in [0.2, 0.25) is 0 Å². The van der Waals surface area contributed by atoms with Gasteiger partial charge in [0, 0.05) is 17.8 Å². The highest BCUT2D eigenvalue weighted by molar-refractivity contribution is 5.96. The van der Waals surface area contributed by atoms with Crippen molar-refractivity contribution in [2.24, 2.45) is 55.7 Å². The van der Waals surface area contributed by atoms with Crippen molar-refractivity contribution < 1.29 is 19.1 Å². The number of fused-ring (bicyclic) bond motifs is 7. The van der Waals surface area contributed by atoms with Gasteiger partial charge < -0.3 is 4.74 Å². The summed E-state index contributed by atoms with van der Waals surface area (Å²) in [4.78, 5) is 41.5. The van der Waals surface area contributed by atoms with E-state index in [0.717, 1.165) is 44.1 Å². The van der Waals surface area contributed by atoms with Crippen LogP contribution in [0.1, 0.15) is 112 Å². The number of rotatable bonds is 3. The number of ketones is 2. The van der Waals surface area contributed by atoms with Crippen LogP contribution in [0.3, 0.4) is 0 Å². The van der Waals surface area contributed by atoms with Gasteiger partial charge in [0.1, 0.15) is 12.4 Å². The minimum absolute atomic E-state index is 0.00943. The summed E-state index contributed by atoms with van der Waals surface area (Å²) in [5, 5.41) is 0. The zero-order valence-corrected chi connectivity index (χ0v) is 27.3. The molecule has 4 saturated carbocycles. The Morgan fingerprint density at radius 3 is 2.17 bits per heavy atom. The van der Waals surface area contributed by atoms with Gasteiger partial charge in [-0.1, -0.05) is 84.9 Å². The van der Waals surface area contributed by atoms with Crippen molar-refractivity contribution in [3.63, 3.8) is 0 Å². The van der Waals surface area contributed by atoms with E-state index in [2.05, 4.69) is 61.5 Å². The summed E-state index contributed by atoms with van der Waals surface area (Å²) in [5.41, 5.74) is -0.677. The molecule has 0 aliphatic heterocycles. The topological polar surface area (TPSA) is 60.4 Å². The molecule has 5 aliphatic rings. The maximum absolute atomic E-state index is 14.8. The fraction of sp³-hybridized carbons (Fsp3) is 0.711. The number of ether oxygens (including phenoxy) is 1. The Labute approximate surface area is 253 Å². The number of hydrogen-bond donors (Lipinski definition) is 0. The monoisotopic (exact) mass is 572 g/mol. The molecule has 0 heterocycles. The van der Waals surface area contributed by atoms with Crippen LogP contribution in [0.5, 0.6) is 0 Å². The second-order valence-electron chi connectivity index (χ2n) is 17.1. The quantitative estimate of drug-likeness (QED) is 0.341. The largest absolute Gasteiger partial charge is 0.460 e. The Morgan fingerprint density at radius 2 is 1.48 bits per heavy atom. The van der Waals surface area contributed by atoms with E-state index in [1.54, 1.807) is 0 Å². The van der Waals surface area contributed by atoms with Gasteiger partial charge in [-0.15, -0.1) is 0 Å². The maximum atomic E-state index is 14.8. The third kappa shape index (κ3) is 3.75. The van der Waals surface area contributed by atoms with Gasteiger partial charge in [0.05, 0.1) is 5.41 Å². The summed E-state index contributed by atoms with van der Waals surface area (Å²) in [6.45, 7) is 18.6. The highest BCUT2D eigenvalue weighted by Gasteiger charge is 2.74. The van der Waals surface area contributed by atoms with Crippen molar-refractivity contribution in [1.82, 2.24) is 0 Å². The van der Waals surface area contributed by atoms with E-state index in [0.29, 0.717) is 18.6 Å². The average Bonchev–Trinajstić information content (AvgIpc) is 2.93. The minimum atomic E-state index is -0.612. The van der Waals surface area contributed by atoms with Crippen LogP contribution in [0.25, 0.3) is 0 Å². The number of hydrogen-bond acceptors (Lipinski definition) is 4. The minimum Gasteiger partial charge on any atom is -0.460 e. The van der Waals surface area contributed by atoms with Crippen molar-refractivity contribution in [2.75, 3.05) is 0 Å². The molecule has 1 aromatic carbocycles. The summed E-state index contributed by atoms with van der Waals surface area (Å²) < 4.78 is 5.96. The first-order valence-corrected chi connectivity index (χ1v) is 16.4. The first kappa shape index (κ1) is 29.8. The van der Waals surface area contributed by atoms with Crippen LogP contribution in [0.4, 0.5) is 0 Å². The zero-order chi connectivity index (χ0) is 30.6. The molecule has 5 unspecified atom stereocenters. The molecule has 5 aliphatic carbocycles. The standard InChI is InChI=1S/C38H52O4/c1-32(2)27-14-17-36(6)28(35(27,5)16-15-29(32)40)22-26(39)30-37(36,7)21-20-34(4)19-18-33(3,24-38(30,34)8)31(41)42-23-25-12-10-9-11-13-25/h9-13,15-16,27-28,30H,14,17-24H2,1-8H3/t27?,28-,30?,33+,34?,35+,36?,37-,38?/m1/s1. The molecule has 0 spiro atoms. The number of carbonyl (C=O) groups excluding carboxylic acids is 3. The highest BCUT2D eigenvalue weighted by atomic mass is 16.5. The molecule has 0 N–H and O–H groups in total. The lowest BCUT2D eigenvalue weighted by atomic mass is 9.29. The van der Waals surface area contributed by atoms with E-state index >= 15 is 0 Å². The predicted molar refractivity (Wildman–Crippen MR) is 165 cm³/mol. The van der Waals surface area contributed by atoms with Crippen LogP contribution < -0.4 is 0 Å². The van der Waals surface area contributed by atoms with Gasteiger partial charge in [-0.05, 0) is 102 Å². The first-order valence-electron chi connectivity index (χ1n) is 16.4. The number of benzene rings is 1. The van der Waals surface area contributed by atoms with Crippen LogP contribution in [0.15, 0.2) is 42.5 Å². The Hall–Kier alpha value is -2.23. The molecule has 4 fully saturated rings. The molecule has 4 nitrogen and oxygen atoms in total. The molecule has 0 aromatic heterocycles. The smallest absolute Gasteiger partial charge is 0.312 e. The Morgan fingerprint density at radius 1 is 0.810 bits per heavy atom. The fourth-order valence-electron chi connectivity index (χ4n) is 11.9. The average molecular weight is 573 g/mol. The lowest BCUT2D eigenvalue weighted by Crippen LogP contribution is -2.71. The normalized spacial score (nSPS) is 47.5. The summed E-state index contributed by atoms with van der Waals surface area (Å²) in [6.07, 6.45) is 11.2. The first-order chi connectivity index (χ1) is 19.5. The van der Waals surface area contributed by atoms with E-state index in [1.807, 2.05) is 36.4 Å². The van der Waals surface area contributed by atoms with Gasteiger partial charge in [0.15, 0.2) is 5.78 Å². The molecule has 4 heteroatoms. The van der Waals surface area contributed by atoms with Crippen LogP contribution >= 0.6 is 0 Å². The molecule has 0 amide bonds. The van der Waals surface area contributed by atoms with E-state index in [4.69, 9.17) is 4.74 Å². The van der Waals surface area contributed by atoms with Gasteiger partial charge in [0.25, 0.3) is 0 Å². The molecule has 0 saturated heterocycles. The number of allylic oxidation sites excluding steroid dienone is 2. The second kappa shape index (κ2) is 9.14. The Bertz CT molecular complexity index is 1340. The predicted octanol–water partition coefficient (Wildman–Crippen LogP) is 8.53. The molecule has 228 valence electrons. The summed E-state index contributed by atoms with van der Waals surface area (Å²) in [6, 6.07) is 9.90. The van der Waals surface area contributed by atoms with Gasteiger partial charge in [-0.2, -0.15) is 0 Å². The van der Waals surface area contributed by atoms with E-state index in [9.17, 15) is 14.4 Å². The SMILES string of the molecule is CC1(C)C(=O)C=C[C@@]2(C)C1CCC1(C)[C@@H]2CC(=O)C2C3(C)C[C@@](C)(C(=O)OCc4ccccc4)CCC3(C)CC[C@]21C. The molecule has 9 atom stereocenters. The van der Waals surface area contributed by atoms with Crippen molar-refractivity contribution in [2.45, 2.75) is 113 Å². The third-order valence-electron chi connectivity index (χ3n) is 14.9. The maximum Gasteiger partial charge on any atom is 0.312 e. The summed E-state index contributed by atoms with van der Waals surface area (Å²) in [7, 11) is 0. The lowest BCUT2D eigenvalue weighted by Gasteiger charge is -2.74.